The molecule has 1 atom stereocenters. The van der Waals surface area contributed by atoms with Gasteiger partial charge in [-0.3, -0.25) is 9.69 Å². The van der Waals surface area contributed by atoms with E-state index in [-0.39, 0.29) is 11.9 Å². The van der Waals surface area contributed by atoms with Crippen LogP contribution in [0.25, 0.3) is 6.08 Å². The summed E-state index contributed by atoms with van der Waals surface area (Å²) in [6, 6.07) is 11.9. The molecule has 2 aromatic rings. The molecule has 1 amide bonds. The van der Waals surface area contributed by atoms with E-state index >= 15 is 0 Å². The van der Waals surface area contributed by atoms with E-state index in [1.807, 2.05) is 61.7 Å². The maximum Gasteiger partial charge on any atom is 0.277 e. The second-order valence-corrected chi connectivity index (χ2v) is 6.55. The first kappa shape index (κ1) is 14.9. The number of thiophene rings is 1. The van der Waals surface area contributed by atoms with Gasteiger partial charge in [-0.05, 0) is 54.7 Å². The van der Waals surface area contributed by atoms with Crippen molar-refractivity contribution >= 4 is 40.7 Å². The minimum absolute atomic E-state index is 0.0749. The summed E-state index contributed by atoms with van der Waals surface area (Å²) in [5.74, 6) is -0.0749. The van der Waals surface area contributed by atoms with Gasteiger partial charge in [-0.1, -0.05) is 30.3 Å². The number of amides is 1. The average molecular weight is 328 g/mol. The molecule has 1 N–H and O–H groups in total. The van der Waals surface area contributed by atoms with Crippen LogP contribution in [0.1, 0.15) is 29.0 Å². The summed E-state index contributed by atoms with van der Waals surface area (Å²) in [6.07, 6.45) is 1.88. The van der Waals surface area contributed by atoms with E-state index in [1.165, 1.54) is 0 Å². The highest BCUT2D eigenvalue weighted by Crippen LogP contribution is 2.27. The molecule has 22 heavy (non-hydrogen) atoms. The van der Waals surface area contributed by atoms with Crippen molar-refractivity contribution in [3.63, 3.8) is 0 Å². The Kier molecular flexibility index (Phi) is 4.09. The third kappa shape index (κ3) is 2.69. The van der Waals surface area contributed by atoms with Crippen molar-refractivity contribution in [2.24, 2.45) is 0 Å². The van der Waals surface area contributed by atoms with Crippen molar-refractivity contribution in [2.75, 3.05) is 0 Å². The number of carbonyl (C=O) groups excluding carboxylic acids is 1. The fraction of sp³-hybridized carbons (Fsp3) is 0.176. The predicted octanol–water partition coefficient (Wildman–Crippen LogP) is 3.88. The number of nitrogens with zero attached hydrogens (tertiary/aromatic N) is 1. The molecule has 1 fully saturated rings. The Morgan fingerprint density at radius 1 is 1.27 bits per heavy atom. The number of thiocarbonyl (C=S) groups is 1. The molecule has 1 aliphatic heterocycles. The lowest BCUT2D eigenvalue weighted by Gasteiger charge is -2.23. The summed E-state index contributed by atoms with van der Waals surface area (Å²) >= 11 is 6.97. The largest absolute Gasteiger partial charge is 0.328 e. The summed E-state index contributed by atoms with van der Waals surface area (Å²) in [5.41, 5.74) is 2.76. The van der Waals surface area contributed by atoms with Crippen molar-refractivity contribution in [1.29, 1.82) is 0 Å². The minimum Gasteiger partial charge on any atom is -0.328 e. The lowest BCUT2D eigenvalue weighted by Crippen LogP contribution is -2.33. The van der Waals surface area contributed by atoms with Crippen LogP contribution in [-0.4, -0.2) is 15.9 Å². The van der Waals surface area contributed by atoms with Gasteiger partial charge in [0.2, 0.25) is 0 Å². The topological polar surface area (TPSA) is 32.3 Å². The normalized spacial score (nSPS) is 17.9. The number of hydrogen-bond acceptors (Lipinski definition) is 3. The van der Waals surface area contributed by atoms with E-state index in [2.05, 4.69) is 5.32 Å². The molecule has 3 rings (SSSR count). The zero-order valence-electron chi connectivity index (χ0n) is 12.4. The van der Waals surface area contributed by atoms with E-state index in [9.17, 15) is 4.79 Å². The molecule has 3 nitrogen and oxygen atoms in total. The molecular weight excluding hydrogens is 312 g/mol. The van der Waals surface area contributed by atoms with Crippen LogP contribution in [-0.2, 0) is 4.79 Å². The quantitative estimate of drug-likeness (QED) is 0.685. The fourth-order valence-electron chi connectivity index (χ4n) is 2.44. The molecular formula is C17H16N2OS2. The molecule has 5 heteroatoms. The van der Waals surface area contributed by atoms with E-state index < -0.39 is 0 Å². The monoisotopic (exact) mass is 328 g/mol. The SMILES string of the molecule is Cc1ccsc1/C=C1\NC(=S)N(C(C)c2ccccc2)C1=O. The van der Waals surface area contributed by atoms with Crippen LogP contribution in [0.3, 0.4) is 0 Å². The molecule has 0 saturated carbocycles. The first-order chi connectivity index (χ1) is 10.6. The van der Waals surface area contributed by atoms with Crippen LogP contribution < -0.4 is 5.32 Å². The lowest BCUT2D eigenvalue weighted by atomic mass is 10.1. The van der Waals surface area contributed by atoms with Crippen molar-refractivity contribution in [3.8, 4) is 0 Å². The van der Waals surface area contributed by atoms with Crippen molar-refractivity contribution in [1.82, 2.24) is 10.2 Å². The number of rotatable bonds is 3. The van der Waals surface area contributed by atoms with Gasteiger partial charge in [0.1, 0.15) is 5.70 Å². The summed E-state index contributed by atoms with van der Waals surface area (Å²) in [7, 11) is 0. The van der Waals surface area contributed by atoms with E-state index in [0.29, 0.717) is 10.8 Å². The molecule has 1 saturated heterocycles. The van der Waals surface area contributed by atoms with Gasteiger partial charge in [-0.25, -0.2) is 0 Å². The Balaban J connectivity index is 1.89. The van der Waals surface area contributed by atoms with Gasteiger partial charge in [-0.2, -0.15) is 0 Å². The predicted molar refractivity (Wildman–Crippen MR) is 94.5 cm³/mol. The van der Waals surface area contributed by atoms with Crippen molar-refractivity contribution in [2.45, 2.75) is 19.9 Å². The number of aryl methyl sites for hydroxylation is 1. The molecule has 0 radical (unpaired) electrons. The highest BCUT2D eigenvalue weighted by molar-refractivity contribution is 7.80. The third-order valence-electron chi connectivity index (χ3n) is 3.76. The highest BCUT2D eigenvalue weighted by atomic mass is 32.1. The van der Waals surface area contributed by atoms with E-state index in [1.54, 1.807) is 16.2 Å². The van der Waals surface area contributed by atoms with Gasteiger partial charge < -0.3 is 5.32 Å². The average Bonchev–Trinajstić information content (AvgIpc) is 3.04. The van der Waals surface area contributed by atoms with Crippen LogP contribution >= 0.6 is 23.6 Å². The molecule has 1 unspecified atom stereocenters. The number of hydrogen-bond donors (Lipinski definition) is 1. The second kappa shape index (κ2) is 6.02. The Morgan fingerprint density at radius 3 is 2.64 bits per heavy atom. The summed E-state index contributed by atoms with van der Waals surface area (Å²) < 4.78 is 0. The minimum atomic E-state index is -0.0935. The Hall–Kier alpha value is -1.98. The Bertz CT molecular complexity index is 749. The molecule has 0 bridgehead atoms. The van der Waals surface area contributed by atoms with Crippen molar-refractivity contribution in [3.05, 3.63) is 63.5 Å². The van der Waals surface area contributed by atoms with Crippen LogP contribution in [0.4, 0.5) is 0 Å². The van der Waals surface area contributed by atoms with Crippen molar-refractivity contribution < 1.29 is 4.79 Å². The Labute approximate surface area is 139 Å². The Morgan fingerprint density at radius 2 is 2.00 bits per heavy atom. The number of benzene rings is 1. The van der Waals surface area contributed by atoms with Crippen LogP contribution in [0.15, 0.2) is 47.5 Å². The molecule has 2 heterocycles. The molecule has 1 aliphatic rings. The fourth-order valence-corrected chi connectivity index (χ4v) is 3.65. The summed E-state index contributed by atoms with van der Waals surface area (Å²) in [4.78, 5) is 15.4. The van der Waals surface area contributed by atoms with Crippen LogP contribution in [0, 0.1) is 6.92 Å². The van der Waals surface area contributed by atoms with Gasteiger partial charge in [0.15, 0.2) is 5.11 Å². The molecule has 0 spiro atoms. The van der Waals surface area contributed by atoms with Gasteiger partial charge in [-0.15, -0.1) is 11.3 Å². The van der Waals surface area contributed by atoms with Gasteiger partial charge in [0, 0.05) is 4.88 Å². The second-order valence-electron chi connectivity index (χ2n) is 5.22. The van der Waals surface area contributed by atoms with Gasteiger partial charge >= 0.3 is 0 Å². The molecule has 112 valence electrons. The number of carbonyl (C=O) groups is 1. The lowest BCUT2D eigenvalue weighted by molar-refractivity contribution is -0.123. The maximum absolute atomic E-state index is 12.7. The highest BCUT2D eigenvalue weighted by Gasteiger charge is 2.34. The smallest absolute Gasteiger partial charge is 0.277 e. The molecule has 0 aliphatic carbocycles. The summed E-state index contributed by atoms with van der Waals surface area (Å²) in [5, 5.41) is 5.52. The van der Waals surface area contributed by atoms with Gasteiger partial charge in [0.25, 0.3) is 5.91 Å². The van der Waals surface area contributed by atoms with Crippen LogP contribution in [0.5, 0.6) is 0 Å². The summed E-state index contributed by atoms with van der Waals surface area (Å²) in [6.45, 7) is 4.02. The maximum atomic E-state index is 12.7. The first-order valence-electron chi connectivity index (χ1n) is 7.03. The zero-order valence-corrected chi connectivity index (χ0v) is 14.0. The van der Waals surface area contributed by atoms with Crippen LogP contribution in [0.2, 0.25) is 0 Å². The van der Waals surface area contributed by atoms with Gasteiger partial charge in [0.05, 0.1) is 6.04 Å². The van der Waals surface area contributed by atoms with E-state index in [4.69, 9.17) is 12.2 Å². The molecule has 1 aromatic carbocycles. The zero-order chi connectivity index (χ0) is 15.7. The van der Waals surface area contributed by atoms with E-state index in [0.717, 1.165) is 16.0 Å². The molecule has 1 aromatic heterocycles. The number of nitrogens with one attached hydrogen (secondary N) is 1. The first-order valence-corrected chi connectivity index (χ1v) is 8.32. The standard InChI is InChI=1S/C17H16N2OS2/c1-11-8-9-22-15(11)10-14-16(20)19(17(21)18-14)12(2)13-6-4-3-5-7-13/h3-10,12H,1-2H3,(H,18,21)/b14-10-. The third-order valence-corrected chi connectivity index (χ3v) is 5.02.